The number of benzene rings is 1. The van der Waals surface area contributed by atoms with Crippen molar-refractivity contribution in [3.63, 3.8) is 0 Å². The average Bonchev–Trinajstić information content (AvgIpc) is 2.34. The zero-order valence-electron chi connectivity index (χ0n) is 9.30. The summed E-state index contributed by atoms with van der Waals surface area (Å²) in [6.07, 6.45) is 1.81. The third kappa shape index (κ3) is 3.17. The second-order valence-electron chi connectivity index (χ2n) is 4.16. The van der Waals surface area contributed by atoms with E-state index in [2.05, 4.69) is 10.6 Å². The fourth-order valence-corrected chi connectivity index (χ4v) is 2.06. The van der Waals surface area contributed by atoms with Crippen molar-refractivity contribution in [2.75, 3.05) is 18.4 Å². The molecule has 1 aromatic carbocycles. The molecule has 3 nitrogen and oxygen atoms in total. The van der Waals surface area contributed by atoms with Gasteiger partial charge in [-0.1, -0.05) is 11.6 Å². The molecule has 1 amide bonds. The van der Waals surface area contributed by atoms with Crippen molar-refractivity contribution < 1.29 is 9.18 Å². The number of hydrogen-bond donors (Lipinski definition) is 2. The summed E-state index contributed by atoms with van der Waals surface area (Å²) >= 11 is 5.64. The summed E-state index contributed by atoms with van der Waals surface area (Å²) in [6.45, 7) is 1.60. The van der Waals surface area contributed by atoms with Gasteiger partial charge in [0.2, 0.25) is 5.91 Å². The zero-order chi connectivity index (χ0) is 12.3. The van der Waals surface area contributed by atoms with Crippen LogP contribution in [0.15, 0.2) is 18.2 Å². The van der Waals surface area contributed by atoms with Gasteiger partial charge in [-0.25, -0.2) is 4.39 Å². The number of halogens is 2. The number of amides is 1. The molecule has 0 bridgehead atoms. The Morgan fingerprint density at radius 2 is 2.35 bits per heavy atom. The van der Waals surface area contributed by atoms with Crippen molar-refractivity contribution in [3.8, 4) is 0 Å². The van der Waals surface area contributed by atoms with Crippen LogP contribution < -0.4 is 10.6 Å². The molecule has 1 saturated heterocycles. The summed E-state index contributed by atoms with van der Waals surface area (Å²) in [5.41, 5.74) is 0.185. The van der Waals surface area contributed by atoms with Crippen LogP contribution >= 0.6 is 11.6 Å². The first-order chi connectivity index (χ1) is 8.16. The van der Waals surface area contributed by atoms with E-state index in [1.54, 1.807) is 6.07 Å². The van der Waals surface area contributed by atoms with Crippen molar-refractivity contribution in [1.82, 2.24) is 5.32 Å². The minimum absolute atomic E-state index is 0.0844. The third-order valence-corrected chi connectivity index (χ3v) is 3.09. The first-order valence-corrected chi connectivity index (χ1v) is 6.01. The van der Waals surface area contributed by atoms with E-state index in [1.165, 1.54) is 12.1 Å². The molecular weight excluding hydrogens is 243 g/mol. The molecule has 0 aromatic heterocycles. The van der Waals surface area contributed by atoms with Crippen LogP contribution in [-0.4, -0.2) is 19.0 Å². The van der Waals surface area contributed by atoms with Gasteiger partial charge >= 0.3 is 0 Å². The van der Waals surface area contributed by atoms with E-state index < -0.39 is 5.82 Å². The van der Waals surface area contributed by atoms with Crippen LogP contribution in [0.1, 0.15) is 12.8 Å². The highest BCUT2D eigenvalue weighted by molar-refractivity contribution is 6.30. The van der Waals surface area contributed by atoms with E-state index >= 15 is 0 Å². The Morgan fingerprint density at radius 1 is 1.53 bits per heavy atom. The molecule has 0 spiro atoms. The number of piperidine rings is 1. The van der Waals surface area contributed by atoms with Crippen molar-refractivity contribution in [1.29, 1.82) is 0 Å². The molecule has 1 heterocycles. The second-order valence-corrected chi connectivity index (χ2v) is 4.59. The molecular formula is C12H14ClFN2O. The smallest absolute Gasteiger partial charge is 0.228 e. The van der Waals surface area contributed by atoms with Crippen LogP contribution in [0.3, 0.4) is 0 Å². The van der Waals surface area contributed by atoms with Crippen LogP contribution in [0, 0.1) is 11.7 Å². The van der Waals surface area contributed by atoms with Gasteiger partial charge in [0.15, 0.2) is 0 Å². The Labute approximate surface area is 104 Å². The summed E-state index contributed by atoms with van der Waals surface area (Å²) in [6, 6.07) is 4.22. The third-order valence-electron chi connectivity index (χ3n) is 2.86. The lowest BCUT2D eigenvalue weighted by atomic mass is 9.99. The molecule has 0 aliphatic carbocycles. The average molecular weight is 257 g/mol. The van der Waals surface area contributed by atoms with E-state index in [1.807, 2.05) is 0 Å². The highest BCUT2D eigenvalue weighted by atomic mass is 35.5. The summed E-state index contributed by atoms with van der Waals surface area (Å²) < 4.78 is 13.5. The van der Waals surface area contributed by atoms with Gasteiger partial charge < -0.3 is 10.6 Å². The molecule has 17 heavy (non-hydrogen) atoms. The molecule has 1 atom stereocenters. The fraction of sp³-hybridized carbons (Fsp3) is 0.417. The minimum atomic E-state index is -0.505. The molecule has 1 aromatic rings. The van der Waals surface area contributed by atoms with Gasteiger partial charge in [0.1, 0.15) is 5.82 Å². The van der Waals surface area contributed by atoms with Gasteiger partial charge in [-0.05, 0) is 37.6 Å². The quantitative estimate of drug-likeness (QED) is 0.853. The van der Waals surface area contributed by atoms with E-state index in [0.29, 0.717) is 11.6 Å². The molecule has 2 rings (SSSR count). The highest BCUT2D eigenvalue weighted by Crippen LogP contribution is 2.20. The van der Waals surface area contributed by atoms with E-state index in [4.69, 9.17) is 11.6 Å². The molecule has 1 aliphatic heterocycles. The minimum Gasteiger partial charge on any atom is -0.323 e. The molecule has 0 unspecified atom stereocenters. The van der Waals surface area contributed by atoms with Gasteiger partial charge in [0.25, 0.3) is 0 Å². The lowest BCUT2D eigenvalue weighted by Crippen LogP contribution is -2.37. The van der Waals surface area contributed by atoms with Crippen molar-refractivity contribution in [3.05, 3.63) is 29.0 Å². The van der Waals surface area contributed by atoms with Crippen LogP contribution in [0.5, 0.6) is 0 Å². The Balaban J connectivity index is 2.02. The second kappa shape index (κ2) is 5.47. The van der Waals surface area contributed by atoms with Gasteiger partial charge in [-0.3, -0.25) is 4.79 Å². The first-order valence-electron chi connectivity index (χ1n) is 5.63. The van der Waals surface area contributed by atoms with Crippen LogP contribution in [0.2, 0.25) is 5.02 Å². The molecule has 0 radical (unpaired) electrons. The number of hydrogen-bond acceptors (Lipinski definition) is 2. The van der Waals surface area contributed by atoms with Crippen molar-refractivity contribution in [2.45, 2.75) is 12.8 Å². The summed E-state index contributed by atoms with van der Waals surface area (Å²) in [5, 5.41) is 6.06. The maximum atomic E-state index is 13.5. The number of nitrogens with one attached hydrogen (secondary N) is 2. The van der Waals surface area contributed by atoms with Gasteiger partial charge in [-0.2, -0.15) is 0 Å². The number of anilines is 1. The molecule has 2 N–H and O–H groups in total. The highest BCUT2D eigenvalue weighted by Gasteiger charge is 2.21. The molecule has 5 heteroatoms. The van der Waals surface area contributed by atoms with Gasteiger partial charge in [0.05, 0.1) is 11.6 Å². The lowest BCUT2D eigenvalue weighted by Gasteiger charge is -2.22. The summed E-state index contributed by atoms with van der Waals surface area (Å²) in [7, 11) is 0. The lowest BCUT2D eigenvalue weighted by molar-refractivity contribution is -0.120. The molecule has 0 saturated carbocycles. The predicted molar refractivity (Wildman–Crippen MR) is 65.6 cm³/mol. The predicted octanol–water partition coefficient (Wildman–Crippen LogP) is 2.42. The van der Waals surface area contributed by atoms with Crippen molar-refractivity contribution >= 4 is 23.2 Å². The molecule has 1 fully saturated rings. The standard InChI is InChI=1S/C12H14ClFN2O/c13-9-3-4-11(10(14)6-9)16-12(17)8-2-1-5-15-7-8/h3-4,6,8,15H,1-2,5,7H2,(H,16,17)/t8-/m0/s1. The van der Waals surface area contributed by atoms with E-state index in [-0.39, 0.29) is 17.5 Å². The number of carbonyl (C=O) groups is 1. The van der Waals surface area contributed by atoms with E-state index in [9.17, 15) is 9.18 Å². The monoisotopic (exact) mass is 256 g/mol. The Morgan fingerprint density at radius 3 is 3.00 bits per heavy atom. The largest absolute Gasteiger partial charge is 0.323 e. The first kappa shape index (κ1) is 12.3. The topological polar surface area (TPSA) is 41.1 Å². The number of rotatable bonds is 2. The van der Waals surface area contributed by atoms with Gasteiger partial charge in [0, 0.05) is 11.6 Å². The summed E-state index contributed by atoms with van der Waals surface area (Å²) in [4.78, 5) is 11.9. The Kier molecular flexibility index (Phi) is 3.97. The van der Waals surface area contributed by atoms with Crippen LogP contribution in [-0.2, 0) is 4.79 Å². The van der Waals surface area contributed by atoms with Gasteiger partial charge in [-0.15, -0.1) is 0 Å². The fourth-order valence-electron chi connectivity index (χ4n) is 1.90. The van der Waals surface area contributed by atoms with Crippen molar-refractivity contribution in [2.24, 2.45) is 5.92 Å². The SMILES string of the molecule is O=C(Nc1ccc(Cl)cc1F)[C@H]1CCCNC1. The maximum absolute atomic E-state index is 13.5. The van der Waals surface area contributed by atoms with E-state index in [0.717, 1.165) is 19.4 Å². The normalized spacial score (nSPS) is 20.0. The Bertz CT molecular complexity index is 419. The Hall–Kier alpha value is -1.13. The van der Waals surface area contributed by atoms with Crippen LogP contribution in [0.4, 0.5) is 10.1 Å². The van der Waals surface area contributed by atoms with Crippen LogP contribution in [0.25, 0.3) is 0 Å². The molecule has 92 valence electrons. The zero-order valence-corrected chi connectivity index (χ0v) is 10.1. The molecule has 1 aliphatic rings. The maximum Gasteiger partial charge on any atom is 0.228 e. The summed E-state index contributed by atoms with van der Waals surface area (Å²) in [5.74, 6) is -0.730. The number of carbonyl (C=O) groups excluding carboxylic acids is 1.